The van der Waals surface area contributed by atoms with Crippen molar-refractivity contribution in [2.45, 2.75) is 19.4 Å². The van der Waals surface area contributed by atoms with Crippen LogP contribution in [-0.4, -0.2) is 33.0 Å². The standard InChI is InChI=1S/C14H14BrN3O3/c1-8-2-9(4-10(15)3-8)13(19)18-12(14(20)21)5-11-6-16-7-17-11/h2-4,6-7,12H,5H2,1H3,(H,16,17)(H,18,19)(H,20,21)/t12-/m1/s1. The van der Waals surface area contributed by atoms with Crippen molar-refractivity contribution in [2.75, 3.05) is 0 Å². The molecule has 0 radical (unpaired) electrons. The predicted octanol–water partition coefficient (Wildman–Crippen LogP) is 1.91. The van der Waals surface area contributed by atoms with E-state index in [4.69, 9.17) is 0 Å². The average molecular weight is 352 g/mol. The topological polar surface area (TPSA) is 95.1 Å². The summed E-state index contributed by atoms with van der Waals surface area (Å²) in [5, 5.41) is 11.7. The number of aliphatic carboxylic acids is 1. The van der Waals surface area contributed by atoms with Gasteiger partial charge in [0.15, 0.2) is 0 Å². The summed E-state index contributed by atoms with van der Waals surface area (Å²) in [5.41, 5.74) is 1.97. The van der Waals surface area contributed by atoms with Crippen molar-refractivity contribution in [3.05, 3.63) is 52.0 Å². The maximum absolute atomic E-state index is 12.2. The lowest BCUT2D eigenvalue weighted by molar-refractivity contribution is -0.139. The fourth-order valence-electron chi connectivity index (χ4n) is 1.93. The van der Waals surface area contributed by atoms with Crippen molar-refractivity contribution < 1.29 is 14.7 Å². The van der Waals surface area contributed by atoms with Gasteiger partial charge in [-0.15, -0.1) is 0 Å². The van der Waals surface area contributed by atoms with Crippen LogP contribution in [0.15, 0.2) is 35.2 Å². The maximum atomic E-state index is 12.2. The van der Waals surface area contributed by atoms with Crippen molar-refractivity contribution >= 4 is 27.8 Å². The number of H-pyrrole nitrogens is 1. The summed E-state index contributed by atoms with van der Waals surface area (Å²) in [6.07, 6.45) is 3.15. The minimum atomic E-state index is -1.09. The van der Waals surface area contributed by atoms with Gasteiger partial charge in [0.05, 0.1) is 6.33 Å². The molecule has 0 aliphatic carbocycles. The lowest BCUT2D eigenvalue weighted by Crippen LogP contribution is -2.42. The van der Waals surface area contributed by atoms with Gasteiger partial charge in [-0.05, 0) is 30.7 Å². The van der Waals surface area contributed by atoms with Crippen LogP contribution in [0.5, 0.6) is 0 Å². The third-order valence-electron chi connectivity index (χ3n) is 2.89. The number of benzene rings is 1. The van der Waals surface area contributed by atoms with Crippen LogP contribution in [0, 0.1) is 6.92 Å². The van der Waals surface area contributed by atoms with Crippen LogP contribution in [0.25, 0.3) is 0 Å². The number of nitrogens with one attached hydrogen (secondary N) is 2. The summed E-state index contributed by atoms with van der Waals surface area (Å²) in [4.78, 5) is 30.1. The molecule has 1 aromatic carbocycles. The first-order valence-corrected chi connectivity index (χ1v) is 7.03. The highest BCUT2D eigenvalue weighted by atomic mass is 79.9. The Hall–Kier alpha value is -2.15. The molecule has 1 aromatic heterocycles. The zero-order valence-electron chi connectivity index (χ0n) is 11.3. The SMILES string of the molecule is Cc1cc(Br)cc(C(=O)N[C@H](Cc2cnc[nH]2)C(=O)O)c1. The van der Waals surface area contributed by atoms with Gasteiger partial charge in [0.25, 0.3) is 5.91 Å². The number of aromatic nitrogens is 2. The molecule has 1 atom stereocenters. The minimum Gasteiger partial charge on any atom is -0.480 e. The molecule has 0 saturated carbocycles. The Morgan fingerprint density at radius 1 is 1.43 bits per heavy atom. The highest BCUT2D eigenvalue weighted by Gasteiger charge is 2.22. The zero-order chi connectivity index (χ0) is 15.4. The fraction of sp³-hybridized carbons (Fsp3) is 0.214. The Morgan fingerprint density at radius 2 is 2.19 bits per heavy atom. The third kappa shape index (κ3) is 4.16. The first-order chi connectivity index (χ1) is 9.95. The number of nitrogens with zero attached hydrogens (tertiary/aromatic N) is 1. The van der Waals surface area contributed by atoms with Crippen LogP contribution in [0.2, 0.25) is 0 Å². The molecule has 1 amide bonds. The number of carbonyl (C=O) groups is 2. The summed E-state index contributed by atoms with van der Waals surface area (Å²) in [7, 11) is 0. The third-order valence-corrected chi connectivity index (χ3v) is 3.34. The molecule has 0 aliphatic heterocycles. The summed E-state index contributed by atoms with van der Waals surface area (Å²) in [6.45, 7) is 1.86. The fourth-order valence-corrected chi connectivity index (χ4v) is 2.53. The van der Waals surface area contributed by atoms with Gasteiger partial charge in [-0.25, -0.2) is 9.78 Å². The lowest BCUT2D eigenvalue weighted by Gasteiger charge is -2.14. The molecule has 0 fully saturated rings. The number of hydrogen-bond acceptors (Lipinski definition) is 3. The van der Waals surface area contributed by atoms with Crippen LogP contribution < -0.4 is 5.32 Å². The number of carboxylic acids is 1. The monoisotopic (exact) mass is 351 g/mol. The molecule has 21 heavy (non-hydrogen) atoms. The first-order valence-electron chi connectivity index (χ1n) is 6.24. The van der Waals surface area contributed by atoms with Crippen LogP contribution in [0.1, 0.15) is 21.6 Å². The van der Waals surface area contributed by atoms with Crippen LogP contribution in [-0.2, 0) is 11.2 Å². The predicted molar refractivity (Wildman–Crippen MR) is 80.1 cm³/mol. The summed E-state index contributed by atoms with van der Waals surface area (Å²) in [5.74, 6) is -1.52. The van der Waals surface area contributed by atoms with E-state index in [1.54, 1.807) is 12.1 Å². The van der Waals surface area contributed by atoms with E-state index < -0.39 is 17.9 Å². The van der Waals surface area contributed by atoms with Gasteiger partial charge in [-0.1, -0.05) is 15.9 Å². The number of halogens is 1. The number of carboxylic acid groups (broad SMARTS) is 1. The van der Waals surface area contributed by atoms with Crippen molar-refractivity contribution in [2.24, 2.45) is 0 Å². The Balaban J connectivity index is 2.12. The van der Waals surface area contributed by atoms with E-state index in [9.17, 15) is 14.7 Å². The molecule has 2 rings (SSSR count). The normalized spacial score (nSPS) is 11.9. The number of carbonyl (C=O) groups excluding carboxylic acids is 1. The van der Waals surface area contributed by atoms with E-state index in [0.29, 0.717) is 11.3 Å². The van der Waals surface area contributed by atoms with Gasteiger partial charge < -0.3 is 15.4 Å². The molecular formula is C14H14BrN3O3. The summed E-state index contributed by atoms with van der Waals surface area (Å²) < 4.78 is 0.771. The molecule has 7 heteroatoms. The number of aryl methyl sites for hydroxylation is 1. The van der Waals surface area contributed by atoms with Gasteiger partial charge >= 0.3 is 5.97 Å². The van der Waals surface area contributed by atoms with E-state index in [0.717, 1.165) is 10.0 Å². The molecule has 0 aliphatic rings. The Labute approximate surface area is 129 Å². The highest BCUT2D eigenvalue weighted by molar-refractivity contribution is 9.10. The van der Waals surface area contributed by atoms with E-state index in [-0.39, 0.29) is 6.42 Å². The summed E-state index contributed by atoms with van der Waals surface area (Å²) >= 11 is 3.32. The van der Waals surface area contributed by atoms with Gasteiger partial charge in [0.1, 0.15) is 6.04 Å². The van der Waals surface area contributed by atoms with Crippen LogP contribution in [0.3, 0.4) is 0 Å². The van der Waals surface area contributed by atoms with Gasteiger partial charge in [-0.3, -0.25) is 4.79 Å². The second-order valence-corrected chi connectivity index (χ2v) is 5.58. The molecule has 2 aromatic rings. The number of imidazole rings is 1. The lowest BCUT2D eigenvalue weighted by atomic mass is 10.1. The average Bonchev–Trinajstić information content (AvgIpc) is 2.89. The molecule has 0 bridgehead atoms. The van der Waals surface area contributed by atoms with Crippen molar-refractivity contribution in [3.8, 4) is 0 Å². The van der Waals surface area contributed by atoms with E-state index in [1.165, 1.54) is 12.5 Å². The number of aromatic amines is 1. The smallest absolute Gasteiger partial charge is 0.326 e. The second kappa shape index (κ2) is 6.53. The van der Waals surface area contributed by atoms with Crippen molar-refractivity contribution in [3.63, 3.8) is 0 Å². The molecule has 6 nitrogen and oxygen atoms in total. The maximum Gasteiger partial charge on any atom is 0.326 e. The number of amides is 1. The number of hydrogen-bond donors (Lipinski definition) is 3. The van der Waals surface area contributed by atoms with Gasteiger partial charge in [-0.2, -0.15) is 0 Å². The Kier molecular flexibility index (Phi) is 4.74. The van der Waals surface area contributed by atoms with Gasteiger partial charge in [0, 0.05) is 28.3 Å². The molecule has 1 heterocycles. The molecule has 110 valence electrons. The molecule has 3 N–H and O–H groups in total. The highest BCUT2D eigenvalue weighted by Crippen LogP contribution is 2.15. The van der Waals surface area contributed by atoms with E-state index in [2.05, 4.69) is 31.2 Å². The second-order valence-electron chi connectivity index (χ2n) is 4.66. The Bertz CT molecular complexity index is 635. The van der Waals surface area contributed by atoms with Crippen molar-refractivity contribution in [1.82, 2.24) is 15.3 Å². The minimum absolute atomic E-state index is 0.147. The quantitative estimate of drug-likeness (QED) is 0.766. The summed E-state index contributed by atoms with van der Waals surface area (Å²) in [6, 6.07) is 4.21. The molecule has 0 spiro atoms. The van der Waals surface area contributed by atoms with E-state index in [1.807, 2.05) is 13.0 Å². The van der Waals surface area contributed by atoms with Gasteiger partial charge in [0.2, 0.25) is 0 Å². The Morgan fingerprint density at radius 3 is 2.76 bits per heavy atom. The van der Waals surface area contributed by atoms with Crippen molar-refractivity contribution in [1.29, 1.82) is 0 Å². The van der Waals surface area contributed by atoms with Crippen LogP contribution >= 0.6 is 15.9 Å². The molecular weight excluding hydrogens is 338 g/mol. The zero-order valence-corrected chi connectivity index (χ0v) is 12.8. The van der Waals surface area contributed by atoms with E-state index >= 15 is 0 Å². The first kappa shape index (κ1) is 15.2. The molecule has 0 unspecified atom stereocenters. The number of rotatable bonds is 5. The van der Waals surface area contributed by atoms with Crippen LogP contribution in [0.4, 0.5) is 0 Å². The largest absolute Gasteiger partial charge is 0.480 e. The molecule has 0 saturated heterocycles.